The number of carbonyl (C=O) groups excluding carboxylic acids is 1. The molecule has 0 saturated heterocycles. The van der Waals surface area contributed by atoms with E-state index in [0.717, 1.165) is 12.1 Å². The number of amides is 1. The Morgan fingerprint density at radius 2 is 2.12 bits per heavy atom. The van der Waals surface area contributed by atoms with Crippen molar-refractivity contribution in [2.24, 2.45) is 0 Å². The van der Waals surface area contributed by atoms with E-state index in [-0.39, 0.29) is 17.9 Å². The van der Waals surface area contributed by atoms with Gasteiger partial charge < -0.3 is 4.90 Å². The molecule has 0 bridgehead atoms. The molecular formula is C11H12BrF2NO. The molecule has 16 heavy (non-hydrogen) atoms. The first kappa shape index (κ1) is 13.1. The monoisotopic (exact) mass is 291 g/mol. The summed E-state index contributed by atoms with van der Waals surface area (Å²) in [5, 5.41) is 0.668. The maximum atomic E-state index is 13.2. The Hall–Kier alpha value is -0.970. The van der Waals surface area contributed by atoms with E-state index in [1.165, 1.54) is 11.0 Å². The fraction of sp³-hybridized carbons (Fsp3) is 0.364. The third-order valence-electron chi connectivity index (χ3n) is 2.20. The normalized spacial score (nSPS) is 10.2. The van der Waals surface area contributed by atoms with Gasteiger partial charge in [-0.25, -0.2) is 8.78 Å². The predicted molar refractivity (Wildman–Crippen MR) is 61.5 cm³/mol. The Morgan fingerprint density at radius 3 is 2.69 bits per heavy atom. The van der Waals surface area contributed by atoms with Crippen LogP contribution in [0.15, 0.2) is 18.2 Å². The summed E-state index contributed by atoms with van der Waals surface area (Å²) in [4.78, 5) is 13.1. The molecule has 1 aromatic rings. The average molecular weight is 292 g/mol. The highest BCUT2D eigenvalue weighted by Crippen LogP contribution is 2.11. The fourth-order valence-corrected chi connectivity index (χ4v) is 1.75. The highest BCUT2D eigenvalue weighted by Gasteiger charge is 2.12. The Bertz CT molecular complexity index is 384. The number of hydrogen-bond acceptors (Lipinski definition) is 1. The fourth-order valence-electron chi connectivity index (χ4n) is 1.21. The van der Waals surface area contributed by atoms with Crippen molar-refractivity contribution in [1.29, 1.82) is 0 Å². The van der Waals surface area contributed by atoms with Gasteiger partial charge in [-0.2, -0.15) is 0 Å². The Morgan fingerprint density at radius 1 is 1.44 bits per heavy atom. The number of alkyl halides is 1. The number of hydrogen-bond donors (Lipinski definition) is 0. The summed E-state index contributed by atoms with van der Waals surface area (Å²) in [5.74, 6) is -1.51. The molecule has 0 radical (unpaired) electrons. The van der Waals surface area contributed by atoms with Gasteiger partial charge in [0.05, 0.1) is 6.42 Å². The van der Waals surface area contributed by atoms with Crippen LogP contribution in [0.3, 0.4) is 0 Å². The largest absolute Gasteiger partial charge is 0.345 e. The lowest BCUT2D eigenvalue weighted by Gasteiger charge is -2.15. The molecule has 1 rings (SSSR count). The van der Waals surface area contributed by atoms with Crippen LogP contribution in [-0.4, -0.2) is 29.7 Å². The number of carbonyl (C=O) groups is 1. The van der Waals surface area contributed by atoms with Crippen molar-refractivity contribution in [3.05, 3.63) is 35.4 Å². The maximum Gasteiger partial charge on any atom is 0.226 e. The summed E-state index contributed by atoms with van der Waals surface area (Å²) in [6, 6.07) is 3.23. The van der Waals surface area contributed by atoms with Crippen LogP contribution >= 0.6 is 15.9 Å². The van der Waals surface area contributed by atoms with E-state index in [2.05, 4.69) is 15.9 Å². The zero-order chi connectivity index (χ0) is 12.1. The van der Waals surface area contributed by atoms with E-state index >= 15 is 0 Å². The zero-order valence-electron chi connectivity index (χ0n) is 8.84. The molecule has 0 aliphatic carbocycles. The van der Waals surface area contributed by atoms with Gasteiger partial charge >= 0.3 is 0 Å². The van der Waals surface area contributed by atoms with Gasteiger partial charge in [0.1, 0.15) is 11.6 Å². The molecule has 1 amide bonds. The van der Waals surface area contributed by atoms with Gasteiger partial charge in [0.25, 0.3) is 0 Å². The molecule has 0 fully saturated rings. The summed E-state index contributed by atoms with van der Waals surface area (Å²) >= 11 is 3.21. The smallest absolute Gasteiger partial charge is 0.226 e. The van der Waals surface area contributed by atoms with Gasteiger partial charge in [-0.05, 0) is 11.6 Å². The molecule has 0 heterocycles. The number of halogens is 3. The minimum Gasteiger partial charge on any atom is -0.345 e. The quantitative estimate of drug-likeness (QED) is 0.780. The van der Waals surface area contributed by atoms with Crippen molar-refractivity contribution in [2.75, 3.05) is 18.9 Å². The van der Waals surface area contributed by atoms with E-state index in [4.69, 9.17) is 0 Å². The molecule has 0 aliphatic rings. The first-order valence-electron chi connectivity index (χ1n) is 4.78. The van der Waals surface area contributed by atoms with Crippen LogP contribution in [0, 0.1) is 11.6 Å². The van der Waals surface area contributed by atoms with Crippen molar-refractivity contribution < 1.29 is 13.6 Å². The number of benzene rings is 1. The van der Waals surface area contributed by atoms with Crippen molar-refractivity contribution in [3.63, 3.8) is 0 Å². The second-order valence-electron chi connectivity index (χ2n) is 3.42. The summed E-state index contributed by atoms with van der Waals surface area (Å²) in [5.41, 5.74) is 0.216. The molecule has 2 nitrogen and oxygen atoms in total. The van der Waals surface area contributed by atoms with Crippen LogP contribution in [0.1, 0.15) is 5.56 Å². The Kier molecular flexibility index (Phi) is 4.86. The van der Waals surface area contributed by atoms with Crippen LogP contribution < -0.4 is 0 Å². The minimum atomic E-state index is -0.680. The van der Waals surface area contributed by atoms with E-state index in [1.54, 1.807) is 7.05 Å². The van der Waals surface area contributed by atoms with Crippen LogP contribution in [0.4, 0.5) is 8.78 Å². The summed E-state index contributed by atoms with van der Waals surface area (Å²) in [6.45, 7) is 0.557. The predicted octanol–water partition coefficient (Wildman–Crippen LogP) is 2.36. The lowest BCUT2D eigenvalue weighted by Crippen LogP contribution is -2.30. The third kappa shape index (κ3) is 3.56. The van der Waals surface area contributed by atoms with E-state index in [9.17, 15) is 13.6 Å². The molecule has 1 aromatic carbocycles. The standard InChI is InChI=1S/C11H12BrF2NO/c1-15(5-4-12)11(16)6-8-2-3-9(13)7-10(8)14/h2-3,7H,4-6H2,1H3. The van der Waals surface area contributed by atoms with Gasteiger partial charge in [0.15, 0.2) is 0 Å². The summed E-state index contributed by atoms with van der Waals surface area (Å²) in [7, 11) is 1.64. The highest BCUT2D eigenvalue weighted by atomic mass is 79.9. The second kappa shape index (κ2) is 5.94. The van der Waals surface area contributed by atoms with Crippen molar-refractivity contribution >= 4 is 21.8 Å². The van der Waals surface area contributed by atoms with Crippen LogP contribution in [-0.2, 0) is 11.2 Å². The summed E-state index contributed by atoms with van der Waals surface area (Å²) < 4.78 is 25.9. The molecule has 0 saturated carbocycles. The van der Waals surface area contributed by atoms with Crippen LogP contribution in [0.5, 0.6) is 0 Å². The van der Waals surface area contributed by atoms with Gasteiger partial charge in [-0.3, -0.25) is 4.79 Å². The lowest BCUT2D eigenvalue weighted by molar-refractivity contribution is -0.128. The molecule has 0 atom stereocenters. The van der Waals surface area contributed by atoms with E-state index < -0.39 is 11.6 Å². The van der Waals surface area contributed by atoms with Crippen LogP contribution in [0.25, 0.3) is 0 Å². The van der Waals surface area contributed by atoms with Crippen molar-refractivity contribution in [3.8, 4) is 0 Å². The molecule has 0 aliphatic heterocycles. The third-order valence-corrected chi connectivity index (χ3v) is 2.56. The highest BCUT2D eigenvalue weighted by molar-refractivity contribution is 9.09. The zero-order valence-corrected chi connectivity index (χ0v) is 10.4. The number of likely N-dealkylation sites (N-methyl/N-ethyl adjacent to an activating group) is 1. The second-order valence-corrected chi connectivity index (χ2v) is 4.21. The van der Waals surface area contributed by atoms with Crippen LogP contribution in [0.2, 0.25) is 0 Å². The van der Waals surface area contributed by atoms with Gasteiger partial charge in [0.2, 0.25) is 5.91 Å². The maximum absolute atomic E-state index is 13.2. The average Bonchev–Trinajstić information content (AvgIpc) is 2.22. The number of rotatable bonds is 4. The van der Waals surface area contributed by atoms with E-state index in [0.29, 0.717) is 11.9 Å². The molecule has 0 aromatic heterocycles. The minimum absolute atomic E-state index is 0.0460. The van der Waals surface area contributed by atoms with Gasteiger partial charge in [-0.1, -0.05) is 22.0 Å². The first-order valence-corrected chi connectivity index (χ1v) is 5.90. The molecule has 88 valence electrons. The first-order chi connectivity index (χ1) is 7.54. The lowest BCUT2D eigenvalue weighted by atomic mass is 10.1. The van der Waals surface area contributed by atoms with Crippen molar-refractivity contribution in [2.45, 2.75) is 6.42 Å². The SMILES string of the molecule is CN(CCBr)C(=O)Cc1ccc(F)cc1F. The summed E-state index contributed by atoms with van der Waals surface area (Å²) in [6.07, 6.45) is -0.0460. The molecule has 0 N–H and O–H groups in total. The number of nitrogens with zero attached hydrogens (tertiary/aromatic N) is 1. The topological polar surface area (TPSA) is 20.3 Å². The molecule has 0 unspecified atom stereocenters. The van der Waals surface area contributed by atoms with E-state index in [1.807, 2.05) is 0 Å². The molecule has 5 heteroatoms. The molecule has 0 spiro atoms. The van der Waals surface area contributed by atoms with Crippen molar-refractivity contribution in [1.82, 2.24) is 4.90 Å². The van der Waals surface area contributed by atoms with Gasteiger partial charge in [-0.15, -0.1) is 0 Å². The Balaban J connectivity index is 2.69. The Labute approximate surface area is 101 Å². The van der Waals surface area contributed by atoms with Gasteiger partial charge in [0, 0.05) is 25.0 Å². The molecular weight excluding hydrogens is 280 g/mol.